The van der Waals surface area contributed by atoms with Gasteiger partial charge in [0.1, 0.15) is 17.2 Å². The zero-order valence-electron chi connectivity index (χ0n) is 13.8. The lowest BCUT2D eigenvalue weighted by Gasteiger charge is -2.17. The lowest BCUT2D eigenvalue weighted by molar-refractivity contribution is 0.244. The number of pyridine rings is 1. The lowest BCUT2D eigenvalue weighted by Crippen LogP contribution is -2.33. The summed E-state index contributed by atoms with van der Waals surface area (Å²) in [6.45, 7) is 1.90. The minimum absolute atomic E-state index is 0.230. The molecule has 1 fully saturated rings. The van der Waals surface area contributed by atoms with Crippen LogP contribution in [-0.4, -0.2) is 11.0 Å². The Balaban J connectivity index is 1.59. The van der Waals surface area contributed by atoms with Crippen LogP contribution in [-0.2, 0) is 0 Å². The van der Waals surface area contributed by atoms with E-state index in [4.69, 9.17) is 4.42 Å². The van der Waals surface area contributed by atoms with Crippen molar-refractivity contribution in [3.05, 3.63) is 59.9 Å². The third kappa shape index (κ3) is 3.20. The molecular weight excluding hydrogens is 321 g/mol. The number of halogens is 1. The number of urea groups is 1. The second-order valence-corrected chi connectivity index (χ2v) is 6.39. The molecular formula is C19H18FN3O2. The molecule has 2 N–H and O–H groups in total. The van der Waals surface area contributed by atoms with Crippen LogP contribution in [0.25, 0.3) is 11.0 Å². The van der Waals surface area contributed by atoms with Crippen molar-refractivity contribution >= 4 is 22.7 Å². The van der Waals surface area contributed by atoms with Crippen LogP contribution in [0.4, 0.5) is 14.9 Å². The first kappa shape index (κ1) is 15.6. The molecule has 0 aliphatic heterocycles. The number of fused-ring (bicyclic) bond motifs is 1. The predicted molar refractivity (Wildman–Crippen MR) is 92.8 cm³/mol. The Morgan fingerprint density at radius 1 is 1.36 bits per heavy atom. The molecule has 128 valence electrons. The van der Waals surface area contributed by atoms with Crippen LogP contribution in [0.3, 0.4) is 0 Å². The molecule has 6 heteroatoms. The van der Waals surface area contributed by atoms with E-state index in [1.165, 1.54) is 12.1 Å². The summed E-state index contributed by atoms with van der Waals surface area (Å²) >= 11 is 0. The fraction of sp³-hybridized carbons (Fsp3) is 0.263. The number of hydrogen-bond donors (Lipinski definition) is 2. The van der Waals surface area contributed by atoms with E-state index in [1.54, 1.807) is 30.6 Å². The second kappa shape index (κ2) is 6.20. The van der Waals surface area contributed by atoms with Crippen molar-refractivity contribution in [2.24, 2.45) is 5.92 Å². The molecule has 1 aliphatic carbocycles. The van der Waals surface area contributed by atoms with Gasteiger partial charge in [0.05, 0.1) is 17.9 Å². The number of furan rings is 1. The molecule has 0 bridgehead atoms. The van der Waals surface area contributed by atoms with Crippen LogP contribution < -0.4 is 10.6 Å². The van der Waals surface area contributed by atoms with E-state index >= 15 is 0 Å². The quantitative estimate of drug-likeness (QED) is 0.733. The van der Waals surface area contributed by atoms with Crippen LogP contribution in [0.5, 0.6) is 0 Å². The van der Waals surface area contributed by atoms with Crippen molar-refractivity contribution < 1.29 is 13.6 Å². The van der Waals surface area contributed by atoms with E-state index in [2.05, 4.69) is 15.6 Å². The van der Waals surface area contributed by atoms with Gasteiger partial charge in [-0.1, -0.05) is 0 Å². The number of rotatable bonds is 4. The monoisotopic (exact) mass is 339 g/mol. The standard InChI is InChI=1S/C19H18FN3O2/c1-11-15-9-13(20)6-7-16(15)25-18(11)17(12-4-5-12)23-19(24)22-14-3-2-8-21-10-14/h2-3,6-10,12,17H,4-5H2,1H3,(H2,22,23,24)/t17-/m1/s1. The molecule has 0 unspecified atom stereocenters. The van der Waals surface area contributed by atoms with E-state index < -0.39 is 0 Å². The average Bonchev–Trinajstić information content (AvgIpc) is 3.39. The highest BCUT2D eigenvalue weighted by atomic mass is 19.1. The van der Waals surface area contributed by atoms with Gasteiger partial charge in [-0.2, -0.15) is 0 Å². The van der Waals surface area contributed by atoms with Gasteiger partial charge in [-0.3, -0.25) is 4.98 Å². The zero-order chi connectivity index (χ0) is 17.4. The molecule has 5 nitrogen and oxygen atoms in total. The van der Waals surface area contributed by atoms with Gasteiger partial charge >= 0.3 is 6.03 Å². The minimum atomic E-state index is -0.309. The van der Waals surface area contributed by atoms with Crippen LogP contribution in [0.2, 0.25) is 0 Å². The number of nitrogens with zero attached hydrogens (tertiary/aromatic N) is 1. The Bertz CT molecular complexity index is 919. The van der Waals surface area contributed by atoms with Gasteiger partial charge in [0.15, 0.2) is 0 Å². The van der Waals surface area contributed by atoms with E-state index in [9.17, 15) is 9.18 Å². The van der Waals surface area contributed by atoms with Gasteiger partial charge in [0.25, 0.3) is 0 Å². The number of aryl methyl sites for hydroxylation is 1. The van der Waals surface area contributed by atoms with Crippen LogP contribution in [0.1, 0.15) is 30.2 Å². The van der Waals surface area contributed by atoms with Crippen LogP contribution in [0.15, 0.2) is 47.1 Å². The summed E-state index contributed by atoms with van der Waals surface area (Å²) in [5.74, 6) is 0.737. The van der Waals surface area contributed by atoms with Crippen molar-refractivity contribution in [2.45, 2.75) is 25.8 Å². The summed E-state index contributed by atoms with van der Waals surface area (Å²) in [4.78, 5) is 16.3. The number of anilines is 1. The molecule has 0 spiro atoms. The maximum Gasteiger partial charge on any atom is 0.319 e. The summed E-state index contributed by atoms with van der Waals surface area (Å²) in [5.41, 5.74) is 2.13. The summed E-state index contributed by atoms with van der Waals surface area (Å²) in [5, 5.41) is 6.51. The third-order valence-corrected chi connectivity index (χ3v) is 4.52. The first-order valence-corrected chi connectivity index (χ1v) is 8.28. The van der Waals surface area contributed by atoms with Gasteiger partial charge in [-0.25, -0.2) is 9.18 Å². The van der Waals surface area contributed by atoms with E-state index in [-0.39, 0.29) is 17.9 Å². The number of hydrogen-bond acceptors (Lipinski definition) is 3. The third-order valence-electron chi connectivity index (χ3n) is 4.52. The number of nitrogens with one attached hydrogen (secondary N) is 2. The number of carbonyl (C=O) groups excluding carboxylic acids is 1. The highest BCUT2D eigenvalue weighted by molar-refractivity contribution is 5.89. The smallest absolute Gasteiger partial charge is 0.319 e. The largest absolute Gasteiger partial charge is 0.459 e. The second-order valence-electron chi connectivity index (χ2n) is 6.39. The highest BCUT2D eigenvalue weighted by Crippen LogP contribution is 2.44. The Kier molecular flexibility index (Phi) is 3.87. The number of carbonyl (C=O) groups is 1. The van der Waals surface area contributed by atoms with Crippen molar-refractivity contribution in [2.75, 3.05) is 5.32 Å². The molecule has 0 saturated heterocycles. The lowest BCUT2D eigenvalue weighted by atomic mass is 10.0. The Morgan fingerprint density at radius 2 is 2.20 bits per heavy atom. The van der Waals surface area contributed by atoms with Gasteiger partial charge in [-0.15, -0.1) is 0 Å². The van der Waals surface area contributed by atoms with Gasteiger partial charge < -0.3 is 15.1 Å². The van der Waals surface area contributed by atoms with Crippen LogP contribution >= 0.6 is 0 Å². The molecule has 25 heavy (non-hydrogen) atoms. The Morgan fingerprint density at radius 3 is 2.92 bits per heavy atom. The van der Waals surface area contributed by atoms with Crippen molar-refractivity contribution in [3.8, 4) is 0 Å². The minimum Gasteiger partial charge on any atom is -0.459 e. The Labute approximate surface area is 144 Å². The topological polar surface area (TPSA) is 67.2 Å². The zero-order valence-corrected chi connectivity index (χ0v) is 13.8. The number of amides is 2. The molecule has 1 aliphatic rings. The summed E-state index contributed by atoms with van der Waals surface area (Å²) in [6, 6.07) is 7.46. The maximum atomic E-state index is 13.5. The SMILES string of the molecule is Cc1c([C@H](NC(=O)Nc2cccnc2)C2CC2)oc2ccc(F)cc12. The van der Waals surface area contributed by atoms with Crippen LogP contribution in [0, 0.1) is 18.7 Å². The van der Waals surface area contributed by atoms with E-state index in [0.29, 0.717) is 22.9 Å². The molecule has 1 atom stereocenters. The number of aromatic nitrogens is 1. The fourth-order valence-corrected chi connectivity index (χ4v) is 3.08. The Hall–Kier alpha value is -2.89. The molecule has 1 aromatic carbocycles. The molecule has 1 saturated carbocycles. The molecule has 2 amide bonds. The van der Waals surface area contributed by atoms with Crippen molar-refractivity contribution in [1.82, 2.24) is 10.3 Å². The van der Waals surface area contributed by atoms with Gasteiger partial charge in [0.2, 0.25) is 0 Å². The number of benzene rings is 1. The summed E-state index contributed by atoms with van der Waals surface area (Å²) in [7, 11) is 0. The van der Waals surface area contributed by atoms with Gasteiger partial charge in [0, 0.05) is 17.1 Å². The summed E-state index contributed by atoms with van der Waals surface area (Å²) < 4.78 is 19.5. The first-order chi connectivity index (χ1) is 12.1. The average molecular weight is 339 g/mol. The highest BCUT2D eigenvalue weighted by Gasteiger charge is 2.37. The molecule has 0 radical (unpaired) electrons. The normalized spacial score (nSPS) is 15.1. The first-order valence-electron chi connectivity index (χ1n) is 8.28. The predicted octanol–water partition coefficient (Wildman–Crippen LogP) is 4.55. The molecule has 4 rings (SSSR count). The molecule has 2 heterocycles. The van der Waals surface area contributed by atoms with Crippen molar-refractivity contribution in [3.63, 3.8) is 0 Å². The van der Waals surface area contributed by atoms with Crippen molar-refractivity contribution in [1.29, 1.82) is 0 Å². The van der Waals surface area contributed by atoms with E-state index in [1.807, 2.05) is 6.92 Å². The molecule has 3 aromatic rings. The molecule has 2 aromatic heterocycles. The summed E-state index contributed by atoms with van der Waals surface area (Å²) in [6.07, 6.45) is 5.29. The fourth-order valence-electron chi connectivity index (χ4n) is 3.08. The van der Waals surface area contributed by atoms with Gasteiger partial charge in [-0.05, 0) is 56.0 Å². The van der Waals surface area contributed by atoms with E-state index in [0.717, 1.165) is 23.8 Å². The maximum absolute atomic E-state index is 13.5.